The molecular formula is C26H27N3O5S. The number of hydrogen-bond donors (Lipinski definition) is 1. The Morgan fingerprint density at radius 2 is 1.74 bits per heavy atom. The first kappa shape index (κ1) is 23.3. The normalized spacial score (nSPS) is 17.1. The Balaban J connectivity index is 1.26. The van der Waals surface area contributed by atoms with Crippen LogP contribution < -0.4 is 14.8 Å². The SMILES string of the molecule is O=C(NC(c1ccc2c(c1)OCO2)c1ccccn1)C1CCN(S(=O)(=O)Cc2ccccc2)CC1. The third kappa shape index (κ3) is 5.31. The average molecular weight is 494 g/mol. The highest BCUT2D eigenvalue weighted by Crippen LogP contribution is 2.35. The first-order valence-corrected chi connectivity index (χ1v) is 13.2. The van der Waals surface area contributed by atoms with Gasteiger partial charge in [0.15, 0.2) is 11.5 Å². The molecule has 3 aromatic rings. The van der Waals surface area contributed by atoms with E-state index in [9.17, 15) is 13.2 Å². The van der Waals surface area contributed by atoms with Crippen LogP contribution in [0.3, 0.4) is 0 Å². The molecule has 35 heavy (non-hydrogen) atoms. The standard InChI is InChI=1S/C26H27N3O5S/c30-26(20-11-14-29(15-12-20)35(31,32)17-19-6-2-1-3-7-19)28-25(22-8-4-5-13-27-22)21-9-10-23-24(16-21)34-18-33-23/h1-10,13,16,20,25H,11-12,14-15,17-18H2,(H,28,30). The Kier molecular flexibility index (Phi) is 6.70. The molecule has 1 unspecified atom stereocenters. The number of ether oxygens (including phenoxy) is 2. The third-order valence-corrected chi connectivity index (χ3v) is 8.26. The van der Waals surface area contributed by atoms with E-state index in [1.807, 2.05) is 66.7 Å². The summed E-state index contributed by atoms with van der Waals surface area (Å²) in [6.45, 7) is 0.822. The van der Waals surface area contributed by atoms with Gasteiger partial charge in [-0.25, -0.2) is 12.7 Å². The molecule has 1 atom stereocenters. The van der Waals surface area contributed by atoms with Crippen molar-refractivity contribution in [2.24, 2.45) is 5.92 Å². The van der Waals surface area contributed by atoms with E-state index >= 15 is 0 Å². The van der Waals surface area contributed by atoms with Gasteiger partial charge in [0.25, 0.3) is 0 Å². The summed E-state index contributed by atoms with van der Waals surface area (Å²) >= 11 is 0. The molecule has 0 aliphatic carbocycles. The zero-order valence-electron chi connectivity index (χ0n) is 19.2. The second-order valence-electron chi connectivity index (χ2n) is 8.72. The number of amides is 1. The molecule has 1 aromatic heterocycles. The molecule has 1 saturated heterocycles. The number of sulfonamides is 1. The molecule has 0 bridgehead atoms. The fourth-order valence-electron chi connectivity index (χ4n) is 4.50. The van der Waals surface area contributed by atoms with Gasteiger partial charge in [0.1, 0.15) is 0 Å². The Labute approximate surface area is 204 Å². The molecule has 2 aliphatic heterocycles. The van der Waals surface area contributed by atoms with Crippen LogP contribution in [0.15, 0.2) is 72.9 Å². The van der Waals surface area contributed by atoms with Crippen molar-refractivity contribution in [1.29, 1.82) is 0 Å². The van der Waals surface area contributed by atoms with Gasteiger partial charge in [0.05, 0.1) is 17.5 Å². The number of piperidine rings is 1. The molecule has 3 heterocycles. The van der Waals surface area contributed by atoms with E-state index in [0.29, 0.717) is 43.1 Å². The minimum Gasteiger partial charge on any atom is -0.454 e. The Morgan fingerprint density at radius 3 is 2.49 bits per heavy atom. The van der Waals surface area contributed by atoms with Crippen molar-refractivity contribution in [1.82, 2.24) is 14.6 Å². The smallest absolute Gasteiger partial charge is 0.231 e. The van der Waals surface area contributed by atoms with E-state index in [-0.39, 0.29) is 24.4 Å². The van der Waals surface area contributed by atoms with Crippen LogP contribution >= 0.6 is 0 Å². The van der Waals surface area contributed by atoms with E-state index in [1.165, 1.54) is 4.31 Å². The number of hydrogen-bond acceptors (Lipinski definition) is 6. The van der Waals surface area contributed by atoms with Crippen molar-refractivity contribution in [3.63, 3.8) is 0 Å². The highest BCUT2D eigenvalue weighted by atomic mass is 32.2. The summed E-state index contributed by atoms with van der Waals surface area (Å²) in [5.74, 6) is 0.881. The topological polar surface area (TPSA) is 97.8 Å². The second-order valence-corrected chi connectivity index (χ2v) is 10.7. The number of benzene rings is 2. The van der Waals surface area contributed by atoms with Gasteiger partial charge in [-0.1, -0.05) is 42.5 Å². The molecule has 5 rings (SSSR count). The van der Waals surface area contributed by atoms with Gasteiger partial charge in [0.2, 0.25) is 22.7 Å². The Bertz CT molecular complexity index is 1280. The average Bonchev–Trinajstić information content (AvgIpc) is 3.36. The monoisotopic (exact) mass is 493 g/mol. The van der Waals surface area contributed by atoms with Gasteiger partial charge >= 0.3 is 0 Å². The predicted octanol–water partition coefficient (Wildman–Crippen LogP) is 3.26. The number of carbonyl (C=O) groups is 1. The summed E-state index contributed by atoms with van der Waals surface area (Å²) < 4.78 is 38.2. The van der Waals surface area contributed by atoms with Gasteiger partial charge in [0, 0.05) is 25.2 Å². The lowest BCUT2D eigenvalue weighted by molar-refractivity contribution is -0.126. The third-order valence-electron chi connectivity index (χ3n) is 6.41. The second kappa shape index (κ2) is 10.1. The number of rotatable bonds is 7. The van der Waals surface area contributed by atoms with Crippen LogP contribution in [0.25, 0.3) is 0 Å². The van der Waals surface area contributed by atoms with Crippen LogP contribution in [0, 0.1) is 5.92 Å². The summed E-state index contributed by atoms with van der Waals surface area (Å²) in [5.41, 5.74) is 2.31. The maximum Gasteiger partial charge on any atom is 0.231 e. The summed E-state index contributed by atoms with van der Waals surface area (Å²) in [6, 6.07) is 19.9. The first-order valence-electron chi connectivity index (χ1n) is 11.6. The van der Waals surface area contributed by atoms with Gasteiger partial charge in [-0.15, -0.1) is 0 Å². The largest absolute Gasteiger partial charge is 0.454 e. The van der Waals surface area contributed by atoms with Crippen LogP contribution in [0.1, 0.15) is 35.7 Å². The van der Waals surface area contributed by atoms with E-state index in [2.05, 4.69) is 10.3 Å². The first-order chi connectivity index (χ1) is 17.0. The van der Waals surface area contributed by atoms with Gasteiger partial charge in [-0.05, 0) is 48.2 Å². The zero-order valence-corrected chi connectivity index (χ0v) is 20.0. The van der Waals surface area contributed by atoms with Gasteiger partial charge in [-0.2, -0.15) is 0 Å². The van der Waals surface area contributed by atoms with Crippen molar-refractivity contribution >= 4 is 15.9 Å². The molecule has 1 amide bonds. The van der Waals surface area contributed by atoms with Crippen LogP contribution in [0.4, 0.5) is 0 Å². The van der Waals surface area contributed by atoms with Crippen LogP contribution in [-0.4, -0.2) is 43.5 Å². The minimum absolute atomic E-state index is 0.0312. The maximum atomic E-state index is 13.3. The highest BCUT2D eigenvalue weighted by Gasteiger charge is 2.32. The molecule has 2 aliphatic rings. The molecule has 182 valence electrons. The van der Waals surface area contributed by atoms with E-state index < -0.39 is 16.1 Å². The lowest BCUT2D eigenvalue weighted by Crippen LogP contribution is -2.44. The molecule has 9 heteroatoms. The zero-order chi connectivity index (χ0) is 24.3. The quantitative estimate of drug-likeness (QED) is 0.543. The lowest BCUT2D eigenvalue weighted by atomic mass is 9.95. The molecule has 0 spiro atoms. The van der Waals surface area contributed by atoms with Crippen molar-refractivity contribution in [3.8, 4) is 11.5 Å². The van der Waals surface area contributed by atoms with Crippen molar-refractivity contribution in [2.75, 3.05) is 19.9 Å². The summed E-state index contributed by atoms with van der Waals surface area (Å²) in [5, 5.41) is 3.14. The minimum atomic E-state index is -3.43. The molecule has 8 nitrogen and oxygen atoms in total. The molecule has 1 fully saturated rings. The predicted molar refractivity (Wildman–Crippen MR) is 130 cm³/mol. The van der Waals surface area contributed by atoms with Crippen LogP contribution in [0.2, 0.25) is 0 Å². The Morgan fingerprint density at radius 1 is 1.00 bits per heavy atom. The van der Waals surface area contributed by atoms with Crippen molar-refractivity contribution < 1.29 is 22.7 Å². The number of nitrogens with zero attached hydrogens (tertiary/aromatic N) is 2. The Hall–Kier alpha value is -3.43. The molecule has 2 aromatic carbocycles. The summed E-state index contributed by atoms with van der Waals surface area (Å²) in [4.78, 5) is 17.7. The lowest BCUT2D eigenvalue weighted by Gasteiger charge is -2.31. The van der Waals surface area contributed by atoms with Crippen LogP contribution in [-0.2, 0) is 20.6 Å². The van der Waals surface area contributed by atoms with Crippen molar-refractivity contribution in [2.45, 2.75) is 24.6 Å². The van der Waals surface area contributed by atoms with E-state index in [1.54, 1.807) is 6.20 Å². The van der Waals surface area contributed by atoms with Crippen LogP contribution in [0.5, 0.6) is 11.5 Å². The number of nitrogens with one attached hydrogen (secondary N) is 1. The van der Waals surface area contributed by atoms with Crippen molar-refractivity contribution in [3.05, 3.63) is 89.7 Å². The molecule has 0 saturated carbocycles. The number of aromatic nitrogens is 1. The maximum absolute atomic E-state index is 13.3. The number of carbonyl (C=O) groups excluding carboxylic acids is 1. The summed E-state index contributed by atoms with van der Waals surface area (Å²) in [7, 11) is -3.43. The van der Waals surface area contributed by atoms with E-state index in [4.69, 9.17) is 9.47 Å². The van der Waals surface area contributed by atoms with Gasteiger partial charge < -0.3 is 14.8 Å². The van der Waals surface area contributed by atoms with E-state index in [0.717, 1.165) is 11.1 Å². The molecule has 0 radical (unpaired) electrons. The fourth-order valence-corrected chi connectivity index (χ4v) is 6.06. The highest BCUT2D eigenvalue weighted by molar-refractivity contribution is 7.88. The van der Waals surface area contributed by atoms with Gasteiger partial charge in [-0.3, -0.25) is 9.78 Å². The fraction of sp³-hybridized carbons (Fsp3) is 0.308. The number of fused-ring (bicyclic) bond motifs is 1. The molecule has 1 N–H and O–H groups in total. The summed E-state index contributed by atoms with van der Waals surface area (Å²) in [6.07, 6.45) is 2.63. The molecular weight excluding hydrogens is 466 g/mol. The number of pyridine rings is 1.